The molecule has 1 heterocycles. The lowest BCUT2D eigenvalue weighted by atomic mass is 9.84. The fourth-order valence-corrected chi connectivity index (χ4v) is 3.24. The highest BCUT2D eigenvalue weighted by Crippen LogP contribution is 2.35. The minimum absolute atomic E-state index is 0.268. The number of nitrogens with zero attached hydrogens (tertiary/aromatic N) is 3. The third-order valence-electron chi connectivity index (χ3n) is 4.98. The molecule has 0 atom stereocenters. The van der Waals surface area contributed by atoms with E-state index in [1.165, 1.54) is 19.3 Å². The molecule has 2 aliphatic rings. The van der Waals surface area contributed by atoms with Gasteiger partial charge in [0.1, 0.15) is 11.4 Å². The van der Waals surface area contributed by atoms with Crippen molar-refractivity contribution in [3.63, 3.8) is 0 Å². The molecule has 0 aromatic carbocycles. The molecule has 2 fully saturated rings. The second kappa shape index (κ2) is 5.75. The fourth-order valence-electron chi connectivity index (χ4n) is 3.24. The smallest absolute Gasteiger partial charge is 0.252 e. The zero-order valence-corrected chi connectivity index (χ0v) is 12.6. The van der Waals surface area contributed by atoms with Crippen LogP contribution in [-0.2, 0) is 18.4 Å². The van der Waals surface area contributed by atoms with Crippen molar-refractivity contribution < 1.29 is 9.90 Å². The molecule has 0 spiro atoms. The minimum Gasteiger partial charge on any atom is -0.380 e. The molecule has 21 heavy (non-hydrogen) atoms. The molecule has 1 aromatic heterocycles. The van der Waals surface area contributed by atoms with Crippen molar-refractivity contribution in [3.8, 4) is 0 Å². The Kier molecular flexibility index (Phi) is 3.97. The molecule has 0 unspecified atom stereocenters. The normalized spacial score (nSPS) is 21.8. The number of hydrogen-bond acceptors (Lipinski definition) is 4. The molecule has 0 aliphatic heterocycles. The molecule has 2 saturated carbocycles. The van der Waals surface area contributed by atoms with Gasteiger partial charge >= 0.3 is 0 Å². The van der Waals surface area contributed by atoms with Crippen molar-refractivity contribution in [2.75, 3.05) is 0 Å². The van der Waals surface area contributed by atoms with E-state index >= 15 is 0 Å². The largest absolute Gasteiger partial charge is 0.380 e. The number of rotatable bonds is 4. The summed E-state index contributed by atoms with van der Waals surface area (Å²) < 4.78 is 1.98. The van der Waals surface area contributed by atoms with Gasteiger partial charge in [0.15, 0.2) is 5.82 Å². The third kappa shape index (κ3) is 2.81. The summed E-state index contributed by atoms with van der Waals surface area (Å²) in [4.78, 5) is 12.2. The Bertz CT molecular complexity index is 516. The van der Waals surface area contributed by atoms with Gasteiger partial charge in [-0.25, -0.2) is 0 Å². The molecule has 1 amide bonds. The second-order valence-corrected chi connectivity index (χ2v) is 6.44. The number of amides is 1. The predicted octanol–water partition coefficient (Wildman–Crippen LogP) is 1.39. The van der Waals surface area contributed by atoms with Crippen LogP contribution in [0.25, 0.3) is 0 Å². The van der Waals surface area contributed by atoms with Crippen LogP contribution in [0.3, 0.4) is 0 Å². The van der Waals surface area contributed by atoms with E-state index in [4.69, 9.17) is 0 Å². The first-order valence-electron chi connectivity index (χ1n) is 7.99. The molecule has 2 aliphatic carbocycles. The highest BCUT2D eigenvalue weighted by atomic mass is 16.3. The molecule has 0 radical (unpaired) electrons. The Labute approximate surface area is 124 Å². The van der Waals surface area contributed by atoms with Gasteiger partial charge in [0.25, 0.3) is 5.91 Å². The van der Waals surface area contributed by atoms with E-state index in [-0.39, 0.29) is 5.91 Å². The van der Waals surface area contributed by atoms with Crippen LogP contribution in [0.2, 0.25) is 0 Å². The van der Waals surface area contributed by atoms with Crippen molar-refractivity contribution >= 4 is 5.91 Å². The summed E-state index contributed by atoms with van der Waals surface area (Å²) >= 11 is 0. The van der Waals surface area contributed by atoms with Gasteiger partial charge in [0.05, 0.1) is 6.54 Å². The number of carbonyl (C=O) groups excluding carboxylic acids is 1. The Hall–Kier alpha value is -1.43. The Morgan fingerprint density at radius 2 is 2.00 bits per heavy atom. The van der Waals surface area contributed by atoms with Crippen molar-refractivity contribution in [3.05, 3.63) is 11.6 Å². The van der Waals surface area contributed by atoms with Gasteiger partial charge in [0, 0.05) is 13.0 Å². The Balaban J connectivity index is 1.59. The number of aliphatic hydroxyl groups is 1. The van der Waals surface area contributed by atoms with Gasteiger partial charge in [-0.05, 0) is 25.7 Å². The third-order valence-corrected chi connectivity index (χ3v) is 4.98. The highest BCUT2D eigenvalue weighted by Gasteiger charge is 2.37. The SMILES string of the molecule is Cn1c(CNC(=O)C2(O)CCCCC2)nnc1C1CCC1. The topological polar surface area (TPSA) is 80.0 Å². The van der Waals surface area contributed by atoms with E-state index in [1.807, 2.05) is 11.6 Å². The maximum absolute atomic E-state index is 12.2. The van der Waals surface area contributed by atoms with E-state index in [2.05, 4.69) is 15.5 Å². The first-order valence-corrected chi connectivity index (χ1v) is 7.99. The minimum atomic E-state index is -1.19. The van der Waals surface area contributed by atoms with Crippen LogP contribution in [0, 0.1) is 0 Å². The maximum Gasteiger partial charge on any atom is 0.252 e. The lowest BCUT2D eigenvalue weighted by Gasteiger charge is -2.30. The average molecular weight is 292 g/mol. The average Bonchev–Trinajstić information content (AvgIpc) is 2.77. The van der Waals surface area contributed by atoms with E-state index < -0.39 is 5.60 Å². The summed E-state index contributed by atoms with van der Waals surface area (Å²) in [5.41, 5.74) is -1.19. The van der Waals surface area contributed by atoms with E-state index in [1.54, 1.807) is 0 Å². The van der Waals surface area contributed by atoms with Crippen LogP contribution >= 0.6 is 0 Å². The molecule has 0 bridgehead atoms. The quantitative estimate of drug-likeness (QED) is 0.879. The van der Waals surface area contributed by atoms with Gasteiger partial charge in [-0.3, -0.25) is 4.79 Å². The lowest BCUT2D eigenvalue weighted by molar-refractivity contribution is -0.143. The van der Waals surface area contributed by atoms with Crippen LogP contribution in [0.4, 0.5) is 0 Å². The van der Waals surface area contributed by atoms with Gasteiger partial charge in [-0.15, -0.1) is 10.2 Å². The summed E-state index contributed by atoms with van der Waals surface area (Å²) in [5.74, 6) is 2.02. The van der Waals surface area contributed by atoms with Crippen LogP contribution < -0.4 is 5.32 Å². The van der Waals surface area contributed by atoms with Gasteiger partial charge < -0.3 is 15.0 Å². The van der Waals surface area contributed by atoms with Crippen molar-refractivity contribution in [2.45, 2.75) is 69.4 Å². The van der Waals surface area contributed by atoms with E-state index in [0.29, 0.717) is 25.3 Å². The fraction of sp³-hybridized carbons (Fsp3) is 0.800. The zero-order valence-electron chi connectivity index (χ0n) is 12.6. The standard InChI is InChI=1S/C15H24N4O2/c1-19-12(17-18-13(19)11-6-5-7-11)10-16-14(20)15(21)8-3-2-4-9-15/h11,21H,2-10H2,1H3,(H,16,20). The summed E-state index contributed by atoms with van der Waals surface area (Å²) in [6.07, 6.45) is 7.67. The first kappa shape index (κ1) is 14.5. The molecular formula is C15H24N4O2. The highest BCUT2D eigenvalue weighted by molar-refractivity contribution is 5.84. The van der Waals surface area contributed by atoms with Gasteiger partial charge in [-0.2, -0.15) is 0 Å². The van der Waals surface area contributed by atoms with Crippen LogP contribution in [0.1, 0.15) is 68.9 Å². The maximum atomic E-state index is 12.2. The van der Waals surface area contributed by atoms with Crippen LogP contribution in [0.15, 0.2) is 0 Å². The molecule has 3 rings (SSSR count). The lowest BCUT2D eigenvalue weighted by Crippen LogP contribution is -2.48. The van der Waals surface area contributed by atoms with Crippen molar-refractivity contribution in [2.24, 2.45) is 7.05 Å². The molecule has 2 N–H and O–H groups in total. The second-order valence-electron chi connectivity index (χ2n) is 6.44. The molecule has 116 valence electrons. The number of hydrogen-bond donors (Lipinski definition) is 2. The number of nitrogens with one attached hydrogen (secondary N) is 1. The monoisotopic (exact) mass is 292 g/mol. The van der Waals surface area contributed by atoms with Gasteiger partial charge in [0.2, 0.25) is 0 Å². The predicted molar refractivity (Wildman–Crippen MR) is 77.5 cm³/mol. The molecule has 6 heteroatoms. The van der Waals surface area contributed by atoms with Crippen LogP contribution in [0.5, 0.6) is 0 Å². The van der Waals surface area contributed by atoms with Crippen molar-refractivity contribution in [1.29, 1.82) is 0 Å². The molecule has 0 saturated heterocycles. The Morgan fingerprint density at radius 3 is 2.62 bits per heavy atom. The number of carbonyl (C=O) groups is 1. The summed E-state index contributed by atoms with van der Waals surface area (Å²) in [6.45, 7) is 0.331. The van der Waals surface area contributed by atoms with E-state index in [0.717, 1.165) is 30.9 Å². The molecule has 6 nitrogen and oxygen atoms in total. The van der Waals surface area contributed by atoms with Crippen molar-refractivity contribution in [1.82, 2.24) is 20.1 Å². The summed E-state index contributed by atoms with van der Waals surface area (Å²) in [6, 6.07) is 0. The Morgan fingerprint density at radius 1 is 1.29 bits per heavy atom. The first-order chi connectivity index (χ1) is 10.1. The summed E-state index contributed by atoms with van der Waals surface area (Å²) in [7, 11) is 1.95. The van der Waals surface area contributed by atoms with E-state index in [9.17, 15) is 9.90 Å². The van der Waals surface area contributed by atoms with Gasteiger partial charge in [-0.1, -0.05) is 25.7 Å². The molecule has 1 aromatic rings. The number of aromatic nitrogens is 3. The molecular weight excluding hydrogens is 268 g/mol. The summed E-state index contributed by atoms with van der Waals surface area (Å²) in [5, 5.41) is 21.6. The van der Waals surface area contributed by atoms with Crippen LogP contribution in [-0.4, -0.2) is 31.4 Å². The zero-order chi connectivity index (χ0) is 14.9.